The van der Waals surface area contributed by atoms with Crippen LogP contribution in [0.5, 0.6) is 0 Å². The highest BCUT2D eigenvalue weighted by Gasteiger charge is 2.26. The van der Waals surface area contributed by atoms with Gasteiger partial charge in [-0.2, -0.15) is 0 Å². The van der Waals surface area contributed by atoms with E-state index in [0.717, 1.165) is 31.5 Å². The van der Waals surface area contributed by atoms with Crippen LogP contribution < -0.4 is 0 Å². The van der Waals surface area contributed by atoms with Crippen molar-refractivity contribution in [2.24, 2.45) is 0 Å². The molecule has 7 heteroatoms. The van der Waals surface area contributed by atoms with E-state index in [4.69, 9.17) is 12.3 Å². The van der Waals surface area contributed by atoms with Gasteiger partial charge in [-0.15, -0.1) is 0 Å². The summed E-state index contributed by atoms with van der Waals surface area (Å²) < 4.78 is 15.4. The van der Waals surface area contributed by atoms with E-state index in [0.29, 0.717) is 0 Å². The molecule has 0 aliphatic carbocycles. The second-order valence-corrected chi connectivity index (χ2v) is 8.10. The van der Waals surface area contributed by atoms with Gasteiger partial charge >= 0.3 is 8.80 Å². The molecule has 0 aromatic rings. The van der Waals surface area contributed by atoms with Crippen LogP contribution in [0.2, 0.25) is 6.55 Å². The van der Waals surface area contributed by atoms with Crippen molar-refractivity contribution in [3.05, 3.63) is 0 Å². The normalized spacial score (nSPS) is 10.9. The molecule has 0 N–H and O–H groups in total. The Hall–Kier alpha value is 0.748. The van der Waals surface area contributed by atoms with Crippen LogP contribution >= 0.6 is 0 Å². The van der Waals surface area contributed by atoms with Gasteiger partial charge in [0.15, 0.2) is 0 Å². The molecule has 0 aliphatic rings. The van der Waals surface area contributed by atoms with E-state index in [2.05, 4.69) is 0 Å². The minimum atomic E-state index is -1.99. The molecule has 0 spiro atoms. The van der Waals surface area contributed by atoms with Gasteiger partial charge < -0.3 is 12.3 Å². The van der Waals surface area contributed by atoms with Gasteiger partial charge in [0.25, 0.3) is 0 Å². The Morgan fingerprint density at radius 3 is 0.786 bits per heavy atom. The molecule has 0 bridgehead atoms. The summed E-state index contributed by atoms with van der Waals surface area (Å²) in [4.78, 5) is 0. The van der Waals surface area contributed by atoms with Crippen molar-refractivity contribution in [3.63, 3.8) is 0 Å². The molecule has 0 fully saturated rings. The third kappa shape index (κ3) is 18.5. The van der Waals surface area contributed by atoms with Crippen LogP contribution in [-0.4, -0.2) is 40.3 Å². The van der Waals surface area contributed by atoms with Crippen molar-refractivity contribution < 1.29 is 12.3 Å². The molecule has 14 heavy (non-hydrogen) atoms. The zero-order chi connectivity index (χ0) is 6.62. The van der Waals surface area contributed by atoms with Crippen molar-refractivity contribution in [1.29, 1.82) is 0 Å². The summed E-state index contributed by atoms with van der Waals surface area (Å²) in [6.45, 7) is 1.93. The minimum Gasteiger partial charge on any atom is -0.426 e. The lowest BCUT2D eigenvalue weighted by molar-refractivity contribution is 0.307. The molecule has 0 atom stereocenters. The van der Waals surface area contributed by atoms with Gasteiger partial charge in [0, 0.05) is 6.55 Å². The van der Waals surface area contributed by atoms with Crippen LogP contribution in [0, 0.1) is 0 Å². The summed E-state index contributed by atoms with van der Waals surface area (Å²) in [7, 11) is 0.181. The first-order chi connectivity index (χ1) is 3.68. The molecule has 3 nitrogen and oxygen atoms in total. The van der Waals surface area contributed by atoms with Crippen LogP contribution in [0.15, 0.2) is 0 Å². The summed E-state index contributed by atoms with van der Waals surface area (Å²) in [5.41, 5.74) is 0. The van der Waals surface area contributed by atoms with Crippen molar-refractivity contribution >= 4 is 40.3 Å². The molecule has 0 aromatic carbocycles. The van der Waals surface area contributed by atoms with E-state index < -0.39 is 8.80 Å². The third-order valence-electron chi connectivity index (χ3n) is 1.11. The van der Waals surface area contributed by atoms with E-state index in [9.17, 15) is 0 Å². The molecule has 98 valence electrons. The monoisotopic (exact) mass is 280 g/mol. The van der Waals surface area contributed by atoms with Crippen LogP contribution in [0.3, 0.4) is 0 Å². The fourth-order valence-electron chi connectivity index (χ4n) is 0.250. The molecular weight excluding hydrogens is 244 g/mol. The predicted octanol–water partition coefficient (Wildman–Crippen LogP) is 0.263. The molecule has 0 unspecified atom stereocenters. The maximum Gasteiger partial charge on any atom is 0.464 e. The van der Waals surface area contributed by atoms with Gasteiger partial charge in [-0.25, -0.2) is 0 Å². The SMILES string of the molecule is C.C.C.C.C.C.C[Si](O[SiH3])(O[SiH3])O[SiH3]. The first-order valence-electron chi connectivity index (χ1n) is 2.34. The molecule has 0 saturated carbocycles. The molecule has 0 saturated heterocycles. The van der Waals surface area contributed by atoms with Gasteiger partial charge in [-0.1, -0.05) is 44.6 Å². The lowest BCUT2D eigenvalue weighted by Gasteiger charge is -2.20. The maximum atomic E-state index is 5.14. The van der Waals surface area contributed by atoms with Gasteiger partial charge in [0.1, 0.15) is 31.5 Å². The lowest BCUT2D eigenvalue weighted by atomic mass is 11.9. The van der Waals surface area contributed by atoms with E-state index in [1.54, 1.807) is 0 Å². The average Bonchev–Trinajstić information content (AvgIpc) is 1.87. The Balaban J connectivity index is -0.0000000163. The Morgan fingerprint density at radius 1 is 0.643 bits per heavy atom. The molecule has 0 radical (unpaired) electrons. The van der Waals surface area contributed by atoms with Crippen molar-refractivity contribution in [2.45, 2.75) is 51.1 Å². The third-order valence-corrected chi connectivity index (χ3v) is 10.0. The summed E-state index contributed by atoms with van der Waals surface area (Å²) in [6.07, 6.45) is 0. The Bertz CT molecular complexity index is 63.7. The number of hydrogen-bond acceptors (Lipinski definition) is 3. The van der Waals surface area contributed by atoms with E-state index in [1.807, 2.05) is 6.55 Å². The van der Waals surface area contributed by atoms with Crippen molar-refractivity contribution in [3.8, 4) is 0 Å². The van der Waals surface area contributed by atoms with Gasteiger partial charge in [-0.3, -0.25) is 0 Å². The zero-order valence-electron chi connectivity index (χ0n) is 5.72. The molecule has 0 heterocycles. The summed E-state index contributed by atoms with van der Waals surface area (Å²) >= 11 is 0. The molecular formula is C7H36O3Si4. The Labute approximate surface area is 104 Å². The van der Waals surface area contributed by atoms with Crippen LogP contribution in [0.1, 0.15) is 44.6 Å². The highest BCUT2D eigenvalue weighted by Crippen LogP contribution is 2.00. The minimum absolute atomic E-state index is 0. The van der Waals surface area contributed by atoms with Gasteiger partial charge in [0.2, 0.25) is 0 Å². The number of hydrogen-bond donors (Lipinski definition) is 0. The quantitative estimate of drug-likeness (QED) is 0.695. The van der Waals surface area contributed by atoms with Crippen LogP contribution in [0.4, 0.5) is 0 Å². The fourth-order valence-corrected chi connectivity index (χ4v) is 6.75. The standard InChI is InChI=1S/CH12O3Si4.6CH4/c1-8(2-5,3-6)4-7;;;;;;/h1,5-7H3;6*1H4. The van der Waals surface area contributed by atoms with Gasteiger partial charge in [0.05, 0.1) is 0 Å². The van der Waals surface area contributed by atoms with Crippen molar-refractivity contribution in [2.75, 3.05) is 0 Å². The lowest BCUT2D eigenvalue weighted by Crippen LogP contribution is -2.40. The molecule has 0 amide bonds. The Morgan fingerprint density at radius 2 is 0.786 bits per heavy atom. The number of rotatable bonds is 3. The highest BCUT2D eigenvalue weighted by molar-refractivity contribution is 6.67. The van der Waals surface area contributed by atoms with E-state index in [-0.39, 0.29) is 44.6 Å². The Kier molecular flexibility index (Phi) is 78.0. The van der Waals surface area contributed by atoms with Gasteiger partial charge in [-0.05, 0) is 0 Å². The highest BCUT2D eigenvalue weighted by atomic mass is 28.5. The smallest absolute Gasteiger partial charge is 0.426 e. The molecule has 0 aromatic heterocycles. The van der Waals surface area contributed by atoms with E-state index >= 15 is 0 Å². The summed E-state index contributed by atoms with van der Waals surface area (Å²) in [5, 5.41) is 0. The summed E-state index contributed by atoms with van der Waals surface area (Å²) in [5.74, 6) is 0. The summed E-state index contributed by atoms with van der Waals surface area (Å²) in [6, 6.07) is 0. The first-order valence-corrected chi connectivity index (χ1v) is 7.01. The molecule has 0 aliphatic heterocycles. The maximum absolute atomic E-state index is 5.14. The predicted molar refractivity (Wildman–Crippen MR) is 85.1 cm³/mol. The average molecular weight is 281 g/mol. The fraction of sp³-hybridized carbons (Fsp3) is 1.00. The second-order valence-electron chi connectivity index (χ2n) is 1.47. The van der Waals surface area contributed by atoms with Crippen LogP contribution in [0.25, 0.3) is 0 Å². The topological polar surface area (TPSA) is 27.7 Å². The van der Waals surface area contributed by atoms with Crippen LogP contribution in [-0.2, 0) is 12.3 Å². The zero-order valence-corrected chi connectivity index (χ0v) is 12.7. The second kappa shape index (κ2) is 23.5. The van der Waals surface area contributed by atoms with E-state index in [1.165, 1.54) is 0 Å². The largest absolute Gasteiger partial charge is 0.464 e. The molecule has 0 rings (SSSR count). The van der Waals surface area contributed by atoms with Crippen molar-refractivity contribution in [1.82, 2.24) is 0 Å². The first kappa shape index (κ1) is 46.4.